The zero-order chi connectivity index (χ0) is 10.1. The highest BCUT2D eigenvalue weighted by Gasteiger charge is 2.07. The molecule has 2 aromatic rings. The van der Waals surface area contributed by atoms with E-state index in [4.69, 9.17) is 5.73 Å². The Bertz CT molecular complexity index is 457. The van der Waals surface area contributed by atoms with Crippen LogP contribution in [-0.2, 0) is 13.5 Å². The number of para-hydroxylation sites is 1. The number of nitrogen functional groups attached to an aromatic ring is 1. The predicted molar refractivity (Wildman–Crippen MR) is 59.1 cm³/mol. The standard InChI is InChI=1S/C11H15N3/c1-3-5-10-13-11-8(12)6-4-7-9(11)14(10)2/h4,6-7H,3,5,12H2,1-2H3. The average molecular weight is 189 g/mol. The van der Waals surface area contributed by atoms with Gasteiger partial charge in [0, 0.05) is 13.5 Å². The van der Waals surface area contributed by atoms with E-state index in [2.05, 4.69) is 22.5 Å². The minimum atomic E-state index is 0.764. The SMILES string of the molecule is CCCc1nc2c(N)cccc2n1C. The molecule has 1 aromatic carbocycles. The Kier molecular flexibility index (Phi) is 2.15. The molecule has 0 atom stereocenters. The Morgan fingerprint density at radius 2 is 2.21 bits per heavy atom. The topological polar surface area (TPSA) is 43.8 Å². The van der Waals surface area contributed by atoms with Gasteiger partial charge in [-0.05, 0) is 18.6 Å². The number of hydrogen-bond acceptors (Lipinski definition) is 2. The highest BCUT2D eigenvalue weighted by atomic mass is 15.1. The Labute approximate surface area is 83.6 Å². The third-order valence-electron chi connectivity index (χ3n) is 2.51. The molecule has 0 saturated carbocycles. The fraction of sp³-hybridized carbons (Fsp3) is 0.364. The molecule has 0 radical (unpaired) electrons. The number of aryl methyl sites for hydroxylation is 2. The molecule has 0 bridgehead atoms. The lowest BCUT2D eigenvalue weighted by Crippen LogP contribution is -1.96. The molecule has 3 heteroatoms. The van der Waals surface area contributed by atoms with Gasteiger partial charge in [-0.3, -0.25) is 0 Å². The van der Waals surface area contributed by atoms with Crippen molar-refractivity contribution in [3.8, 4) is 0 Å². The second-order valence-corrected chi connectivity index (χ2v) is 3.55. The summed E-state index contributed by atoms with van der Waals surface area (Å²) in [6.45, 7) is 2.16. The number of aromatic nitrogens is 2. The van der Waals surface area contributed by atoms with Crippen LogP contribution in [0, 0.1) is 0 Å². The summed E-state index contributed by atoms with van der Waals surface area (Å²) < 4.78 is 2.12. The molecule has 1 heterocycles. The molecular weight excluding hydrogens is 174 g/mol. The van der Waals surface area contributed by atoms with Crippen molar-refractivity contribution >= 4 is 16.7 Å². The summed E-state index contributed by atoms with van der Waals surface area (Å²) in [5, 5.41) is 0. The Morgan fingerprint density at radius 1 is 1.43 bits per heavy atom. The van der Waals surface area contributed by atoms with Crippen LogP contribution in [0.15, 0.2) is 18.2 Å². The maximum absolute atomic E-state index is 5.86. The molecule has 0 fully saturated rings. The van der Waals surface area contributed by atoms with Crippen LogP contribution in [0.4, 0.5) is 5.69 Å². The van der Waals surface area contributed by atoms with Gasteiger partial charge in [-0.15, -0.1) is 0 Å². The van der Waals surface area contributed by atoms with Crippen LogP contribution in [0.5, 0.6) is 0 Å². The first-order valence-electron chi connectivity index (χ1n) is 4.93. The summed E-state index contributed by atoms with van der Waals surface area (Å²) >= 11 is 0. The number of nitrogens with zero attached hydrogens (tertiary/aromatic N) is 2. The fourth-order valence-electron chi connectivity index (χ4n) is 1.73. The molecule has 2 rings (SSSR count). The summed E-state index contributed by atoms with van der Waals surface area (Å²) in [6, 6.07) is 5.91. The summed E-state index contributed by atoms with van der Waals surface area (Å²) in [5.41, 5.74) is 8.67. The van der Waals surface area contributed by atoms with Gasteiger partial charge in [0.25, 0.3) is 0 Å². The second kappa shape index (κ2) is 3.33. The molecule has 0 spiro atoms. The summed E-state index contributed by atoms with van der Waals surface area (Å²) in [5.74, 6) is 1.11. The molecule has 0 aliphatic carbocycles. The number of anilines is 1. The van der Waals surface area contributed by atoms with Gasteiger partial charge in [0.2, 0.25) is 0 Å². The molecule has 0 unspecified atom stereocenters. The van der Waals surface area contributed by atoms with E-state index in [1.165, 1.54) is 0 Å². The summed E-state index contributed by atoms with van der Waals surface area (Å²) in [7, 11) is 2.04. The van der Waals surface area contributed by atoms with Crippen LogP contribution in [0.25, 0.3) is 11.0 Å². The van der Waals surface area contributed by atoms with Crippen molar-refractivity contribution < 1.29 is 0 Å². The van der Waals surface area contributed by atoms with E-state index in [0.717, 1.165) is 35.4 Å². The van der Waals surface area contributed by atoms with Crippen molar-refractivity contribution in [1.82, 2.24) is 9.55 Å². The van der Waals surface area contributed by atoms with E-state index in [-0.39, 0.29) is 0 Å². The van der Waals surface area contributed by atoms with Crippen molar-refractivity contribution in [2.45, 2.75) is 19.8 Å². The van der Waals surface area contributed by atoms with E-state index in [1.807, 2.05) is 19.2 Å². The van der Waals surface area contributed by atoms with Crippen molar-refractivity contribution in [2.24, 2.45) is 7.05 Å². The molecule has 1 aromatic heterocycles. The van der Waals surface area contributed by atoms with Crippen molar-refractivity contribution in [3.63, 3.8) is 0 Å². The third kappa shape index (κ3) is 1.25. The zero-order valence-corrected chi connectivity index (χ0v) is 8.62. The van der Waals surface area contributed by atoms with Gasteiger partial charge in [-0.2, -0.15) is 0 Å². The molecule has 0 aliphatic heterocycles. The van der Waals surface area contributed by atoms with Crippen LogP contribution < -0.4 is 5.73 Å². The molecule has 3 nitrogen and oxygen atoms in total. The van der Waals surface area contributed by atoms with E-state index >= 15 is 0 Å². The number of hydrogen-bond donors (Lipinski definition) is 1. The number of rotatable bonds is 2. The van der Waals surface area contributed by atoms with E-state index in [1.54, 1.807) is 0 Å². The fourth-order valence-corrected chi connectivity index (χ4v) is 1.73. The van der Waals surface area contributed by atoms with Crippen molar-refractivity contribution in [1.29, 1.82) is 0 Å². The van der Waals surface area contributed by atoms with E-state index in [9.17, 15) is 0 Å². The Hall–Kier alpha value is -1.51. The molecule has 0 aliphatic rings. The van der Waals surface area contributed by atoms with Crippen LogP contribution in [-0.4, -0.2) is 9.55 Å². The van der Waals surface area contributed by atoms with Gasteiger partial charge in [0.1, 0.15) is 11.3 Å². The molecular formula is C11H15N3. The normalized spacial score (nSPS) is 11.0. The van der Waals surface area contributed by atoms with Gasteiger partial charge < -0.3 is 10.3 Å². The third-order valence-corrected chi connectivity index (χ3v) is 2.51. The van der Waals surface area contributed by atoms with Gasteiger partial charge in [-0.1, -0.05) is 13.0 Å². The highest BCUT2D eigenvalue weighted by molar-refractivity contribution is 5.87. The number of benzene rings is 1. The molecule has 74 valence electrons. The maximum atomic E-state index is 5.86. The predicted octanol–water partition coefficient (Wildman–Crippen LogP) is 2.11. The minimum Gasteiger partial charge on any atom is -0.397 e. The van der Waals surface area contributed by atoms with Gasteiger partial charge >= 0.3 is 0 Å². The van der Waals surface area contributed by atoms with Crippen molar-refractivity contribution in [3.05, 3.63) is 24.0 Å². The van der Waals surface area contributed by atoms with E-state index in [0.29, 0.717) is 0 Å². The lowest BCUT2D eigenvalue weighted by molar-refractivity contribution is 0.773. The van der Waals surface area contributed by atoms with Crippen LogP contribution in [0.1, 0.15) is 19.2 Å². The molecule has 14 heavy (non-hydrogen) atoms. The lowest BCUT2D eigenvalue weighted by Gasteiger charge is -1.99. The highest BCUT2D eigenvalue weighted by Crippen LogP contribution is 2.21. The van der Waals surface area contributed by atoms with Gasteiger partial charge in [-0.25, -0.2) is 4.98 Å². The van der Waals surface area contributed by atoms with Crippen LogP contribution in [0.2, 0.25) is 0 Å². The van der Waals surface area contributed by atoms with E-state index < -0.39 is 0 Å². The molecule has 0 amide bonds. The Morgan fingerprint density at radius 3 is 2.86 bits per heavy atom. The Balaban J connectivity index is 2.67. The maximum Gasteiger partial charge on any atom is 0.112 e. The first-order chi connectivity index (χ1) is 6.74. The second-order valence-electron chi connectivity index (χ2n) is 3.55. The average Bonchev–Trinajstić information content (AvgIpc) is 2.48. The van der Waals surface area contributed by atoms with Crippen LogP contribution in [0.3, 0.4) is 0 Å². The number of nitrogens with two attached hydrogens (primary N) is 1. The van der Waals surface area contributed by atoms with Crippen molar-refractivity contribution in [2.75, 3.05) is 5.73 Å². The molecule has 0 saturated heterocycles. The largest absolute Gasteiger partial charge is 0.397 e. The quantitative estimate of drug-likeness (QED) is 0.735. The first-order valence-corrected chi connectivity index (χ1v) is 4.93. The summed E-state index contributed by atoms with van der Waals surface area (Å²) in [6.07, 6.45) is 2.11. The summed E-state index contributed by atoms with van der Waals surface area (Å²) in [4.78, 5) is 4.54. The zero-order valence-electron chi connectivity index (χ0n) is 8.62. The van der Waals surface area contributed by atoms with Gasteiger partial charge in [0.15, 0.2) is 0 Å². The molecule has 2 N–H and O–H groups in total. The minimum absolute atomic E-state index is 0.764. The smallest absolute Gasteiger partial charge is 0.112 e. The monoisotopic (exact) mass is 189 g/mol. The lowest BCUT2D eigenvalue weighted by atomic mass is 10.3. The number of fused-ring (bicyclic) bond motifs is 1. The van der Waals surface area contributed by atoms with Gasteiger partial charge in [0.05, 0.1) is 11.2 Å². The number of imidazole rings is 1. The van der Waals surface area contributed by atoms with Crippen LogP contribution >= 0.6 is 0 Å². The first kappa shape index (κ1) is 9.06.